The number of nitrogens with zero attached hydrogens (tertiary/aromatic N) is 1. The Labute approximate surface area is 274 Å². The molecule has 0 aromatic heterocycles. The van der Waals surface area contributed by atoms with Gasteiger partial charge >= 0.3 is 29.6 Å². The second-order valence-electron chi connectivity index (χ2n) is 10.3. The number of phenolic OH excluding ortho intramolecular Hbond substituents is 1. The van der Waals surface area contributed by atoms with Crippen molar-refractivity contribution in [3.63, 3.8) is 0 Å². The SMILES string of the molecule is O=S(=O)([O-])C(CC=CC(O)c1ccc(O)cc1)CCc1cc2c3c(c1)Cc1cccc(c1)CNC(=NC#CC2)NCO3.[Na+]. The van der Waals surface area contributed by atoms with E-state index in [0.29, 0.717) is 37.3 Å². The second kappa shape index (κ2) is 14.9. The number of phenols is 1. The number of aliphatic imine (C=N–C) groups is 1. The quantitative estimate of drug-likeness (QED) is 0.125. The number of ether oxygens (including phenoxy) is 1. The minimum Gasteiger partial charge on any atom is -0.748 e. The van der Waals surface area contributed by atoms with Crippen LogP contribution in [0.15, 0.2) is 77.8 Å². The summed E-state index contributed by atoms with van der Waals surface area (Å²) in [5.74, 6) is 4.41. The van der Waals surface area contributed by atoms with E-state index in [-0.39, 0.29) is 54.9 Å². The molecule has 0 radical (unpaired) electrons. The van der Waals surface area contributed by atoms with Gasteiger partial charge in [0.1, 0.15) is 11.5 Å². The Morgan fingerprint density at radius 2 is 1.84 bits per heavy atom. The molecule has 5 rings (SSSR count). The molecular formula is C32H32N3NaO6S. The zero-order valence-electron chi connectivity index (χ0n) is 23.9. The predicted octanol–water partition coefficient (Wildman–Crippen LogP) is 0.415. The first-order chi connectivity index (χ1) is 20.2. The predicted molar refractivity (Wildman–Crippen MR) is 159 cm³/mol. The molecule has 0 spiro atoms. The van der Waals surface area contributed by atoms with Crippen LogP contribution in [0.5, 0.6) is 11.5 Å². The zero-order valence-corrected chi connectivity index (χ0v) is 26.7. The Balaban J connectivity index is 0.00000423. The number of aliphatic hydroxyl groups excluding tert-OH is 1. The Morgan fingerprint density at radius 1 is 1.07 bits per heavy atom. The van der Waals surface area contributed by atoms with E-state index in [9.17, 15) is 23.2 Å². The summed E-state index contributed by atoms with van der Waals surface area (Å²) < 4.78 is 42.6. The van der Waals surface area contributed by atoms with E-state index in [4.69, 9.17) is 4.74 Å². The van der Waals surface area contributed by atoms with Crippen LogP contribution in [0.1, 0.15) is 52.3 Å². The number of allylic oxidation sites excluding steroid dienone is 1. The molecule has 4 N–H and O–H groups in total. The normalized spacial score (nSPS) is 15.6. The van der Waals surface area contributed by atoms with Gasteiger partial charge in [-0.25, -0.2) is 8.42 Å². The summed E-state index contributed by atoms with van der Waals surface area (Å²) in [6.07, 6.45) is 3.44. The van der Waals surface area contributed by atoms with E-state index in [2.05, 4.69) is 39.7 Å². The first-order valence-electron chi connectivity index (χ1n) is 13.7. The van der Waals surface area contributed by atoms with Crippen LogP contribution in [0.2, 0.25) is 0 Å². The fraction of sp³-hybridized carbons (Fsp3) is 0.281. The Morgan fingerprint density at radius 3 is 2.63 bits per heavy atom. The Kier molecular flexibility index (Phi) is 11.3. The van der Waals surface area contributed by atoms with E-state index < -0.39 is 21.5 Å². The molecule has 2 aliphatic heterocycles. The summed E-state index contributed by atoms with van der Waals surface area (Å²) in [5.41, 5.74) is 5.45. The molecule has 218 valence electrons. The largest absolute Gasteiger partial charge is 1.00 e. The van der Waals surface area contributed by atoms with Gasteiger partial charge in [-0.05, 0) is 59.2 Å². The van der Waals surface area contributed by atoms with Crippen molar-refractivity contribution in [2.45, 2.75) is 50.0 Å². The number of guanidine groups is 1. The van der Waals surface area contributed by atoms with Gasteiger partial charge in [0.2, 0.25) is 5.96 Å². The van der Waals surface area contributed by atoms with Crippen LogP contribution >= 0.6 is 0 Å². The molecule has 0 saturated carbocycles. The summed E-state index contributed by atoms with van der Waals surface area (Å²) in [4.78, 5) is 4.30. The molecule has 11 heteroatoms. The van der Waals surface area contributed by atoms with Gasteiger partial charge in [0.05, 0.1) is 21.5 Å². The van der Waals surface area contributed by atoms with Crippen molar-refractivity contribution in [1.82, 2.24) is 10.6 Å². The van der Waals surface area contributed by atoms with Gasteiger partial charge in [-0.2, -0.15) is 4.99 Å². The molecule has 2 unspecified atom stereocenters. The third-order valence-corrected chi connectivity index (χ3v) is 8.49. The molecule has 0 saturated heterocycles. The molecular weight excluding hydrogens is 577 g/mol. The average Bonchev–Trinajstić information content (AvgIpc) is 2.96. The molecule has 0 amide bonds. The molecule has 3 aromatic carbocycles. The molecule has 2 atom stereocenters. The molecule has 43 heavy (non-hydrogen) atoms. The smallest absolute Gasteiger partial charge is 0.748 e. The number of nitrogens with one attached hydrogen (secondary N) is 2. The first kappa shape index (κ1) is 32.6. The number of fused-ring (bicyclic) bond motifs is 5. The monoisotopic (exact) mass is 609 g/mol. The number of benzene rings is 3. The van der Waals surface area contributed by atoms with Crippen LogP contribution in [-0.2, 0) is 35.9 Å². The van der Waals surface area contributed by atoms with Crippen LogP contribution in [-0.4, -0.2) is 41.1 Å². The zero-order chi connectivity index (χ0) is 29.5. The van der Waals surface area contributed by atoms with Crippen molar-refractivity contribution in [3.8, 4) is 23.5 Å². The number of hydrogen-bond donors (Lipinski definition) is 4. The van der Waals surface area contributed by atoms with E-state index in [1.165, 1.54) is 24.3 Å². The summed E-state index contributed by atoms with van der Waals surface area (Å²) >= 11 is 0. The number of aliphatic hydroxyl groups is 1. The summed E-state index contributed by atoms with van der Waals surface area (Å²) in [7, 11) is -4.59. The molecule has 2 heterocycles. The maximum absolute atomic E-state index is 12.2. The van der Waals surface area contributed by atoms with Gasteiger partial charge in [0.15, 0.2) is 6.73 Å². The van der Waals surface area contributed by atoms with Crippen LogP contribution in [0.25, 0.3) is 0 Å². The topological polar surface area (TPSA) is 143 Å². The maximum Gasteiger partial charge on any atom is 1.00 e. The van der Waals surface area contributed by atoms with E-state index >= 15 is 0 Å². The van der Waals surface area contributed by atoms with Crippen LogP contribution in [0.4, 0.5) is 0 Å². The molecule has 0 aliphatic carbocycles. The number of hydrogen-bond acceptors (Lipinski definition) is 9. The van der Waals surface area contributed by atoms with E-state index in [1.807, 2.05) is 24.3 Å². The van der Waals surface area contributed by atoms with Crippen molar-refractivity contribution < 1.29 is 57.5 Å². The van der Waals surface area contributed by atoms with Gasteiger partial charge in [0.25, 0.3) is 0 Å². The average molecular weight is 610 g/mol. The van der Waals surface area contributed by atoms with Gasteiger partial charge in [-0.15, -0.1) is 0 Å². The van der Waals surface area contributed by atoms with Gasteiger partial charge < -0.3 is 30.1 Å². The third kappa shape index (κ3) is 9.10. The number of rotatable bonds is 8. The standard InChI is InChI=1S/C32H33N3O6S.Na/c36-28-12-10-25(11-13-28)30(37)8-2-7-29(42(38,39)40)14-9-23-17-26-6-3-15-33-32-34-20-24-5-1-4-22(16-24)18-27(19-23)31(26)41-21-35-32;/h1-2,4-5,8,10-13,16-17,19,29-30,36-37H,6-7,9,14,18,20-21H2,(H2,33,34,35)(H,38,39,40);/q;+1/p-1. The van der Waals surface area contributed by atoms with Crippen molar-refractivity contribution in [2.24, 2.45) is 4.99 Å². The van der Waals surface area contributed by atoms with E-state index in [1.54, 1.807) is 12.1 Å². The fourth-order valence-corrected chi connectivity index (χ4v) is 5.83. The van der Waals surface area contributed by atoms with Crippen LogP contribution in [0.3, 0.4) is 0 Å². The fourth-order valence-electron chi connectivity index (χ4n) is 5.07. The molecule has 0 fully saturated rings. The minimum atomic E-state index is -4.59. The third-order valence-electron chi connectivity index (χ3n) is 7.25. The van der Waals surface area contributed by atoms with E-state index in [0.717, 1.165) is 33.6 Å². The van der Waals surface area contributed by atoms with Crippen LogP contribution < -0.4 is 44.9 Å². The molecule has 4 bridgehead atoms. The molecule has 2 aliphatic rings. The minimum absolute atomic E-state index is 0. The van der Waals surface area contributed by atoms with Crippen molar-refractivity contribution in [3.05, 3.63) is 106 Å². The number of aryl methyl sites for hydroxylation is 1. The second-order valence-corrected chi connectivity index (χ2v) is 12.0. The van der Waals surface area contributed by atoms with Gasteiger partial charge in [-0.1, -0.05) is 66.6 Å². The molecule has 3 aromatic rings. The maximum atomic E-state index is 12.2. The van der Waals surface area contributed by atoms with Gasteiger partial charge in [-0.3, -0.25) is 0 Å². The van der Waals surface area contributed by atoms with Crippen molar-refractivity contribution in [1.29, 1.82) is 0 Å². The van der Waals surface area contributed by atoms with Crippen LogP contribution in [0, 0.1) is 12.0 Å². The molecule has 9 nitrogen and oxygen atoms in total. The van der Waals surface area contributed by atoms with Crippen molar-refractivity contribution in [2.75, 3.05) is 6.73 Å². The summed E-state index contributed by atoms with van der Waals surface area (Å²) in [6, 6.07) is 21.1. The summed E-state index contributed by atoms with van der Waals surface area (Å²) in [5, 5.41) is 25.1. The van der Waals surface area contributed by atoms with Crippen molar-refractivity contribution >= 4 is 16.1 Å². The number of aromatic hydroxyl groups is 1. The van der Waals surface area contributed by atoms with Gasteiger partial charge in [0, 0.05) is 31.0 Å². The summed E-state index contributed by atoms with van der Waals surface area (Å²) in [6.45, 7) is 0.768. The Hall–Kier alpha value is -3.30. The Bertz CT molecular complexity index is 1660. The first-order valence-corrected chi connectivity index (χ1v) is 15.2.